The number of hydrogen-bond acceptors (Lipinski definition) is 4. The highest BCUT2D eigenvalue weighted by Gasteiger charge is 2.19. The summed E-state index contributed by atoms with van der Waals surface area (Å²) < 4.78 is 1.58. The lowest BCUT2D eigenvalue weighted by Gasteiger charge is -2.25. The standard InChI is InChI=1S/C24H25ClN4O2/c1-17-16-22(30)23(27-29(17)19-12-10-18(25)11-13-19)24(31)26-20-8-4-5-9-21(20)28-14-6-2-3-7-15-28/h4-5,8-13,16H,2-3,6-7,14-15H2,1H3,(H,26,31). The molecule has 160 valence electrons. The summed E-state index contributed by atoms with van der Waals surface area (Å²) in [6.07, 6.45) is 4.71. The van der Waals surface area contributed by atoms with E-state index in [4.69, 9.17) is 11.6 Å². The normalized spacial score (nSPS) is 14.2. The predicted molar refractivity (Wildman–Crippen MR) is 125 cm³/mol. The molecule has 0 aliphatic carbocycles. The number of nitrogens with one attached hydrogen (secondary N) is 1. The maximum absolute atomic E-state index is 13.1. The third-order valence-corrected chi connectivity index (χ3v) is 5.74. The first-order valence-electron chi connectivity index (χ1n) is 10.6. The van der Waals surface area contributed by atoms with E-state index in [2.05, 4.69) is 15.3 Å². The molecular weight excluding hydrogens is 412 g/mol. The third kappa shape index (κ3) is 4.80. The van der Waals surface area contributed by atoms with Gasteiger partial charge in [0, 0.05) is 29.9 Å². The minimum absolute atomic E-state index is 0.147. The maximum atomic E-state index is 13.1. The summed E-state index contributed by atoms with van der Waals surface area (Å²) in [4.78, 5) is 27.9. The van der Waals surface area contributed by atoms with Crippen molar-refractivity contribution in [1.82, 2.24) is 9.78 Å². The molecule has 0 saturated carbocycles. The van der Waals surface area contributed by atoms with Gasteiger partial charge in [0.15, 0.2) is 5.69 Å². The molecule has 1 N–H and O–H groups in total. The molecule has 1 aliphatic heterocycles. The van der Waals surface area contributed by atoms with E-state index in [0.717, 1.165) is 37.3 Å². The van der Waals surface area contributed by atoms with Crippen LogP contribution >= 0.6 is 11.6 Å². The number of aryl methyl sites for hydroxylation is 1. The van der Waals surface area contributed by atoms with Gasteiger partial charge in [0.1, 0.15) is 0 Å². The Hall–Kier alpha value is -3.12. The van der Waals surface area contributed by atoms with Gasteiger partial charge < -0.3 is 10.2 Å². The summed E-state index contributed by atoms with van der Waals surface area (Å²) in [5.74, 6) is -0.519. The van der Waals surface area contributed by atoms with Crippen LogP contribution in [0.2, 0.25) is 5.02 Å². The van der Waals surface area contributed by atoms with Gasteiger partial charge in [-0.3, -0.25) is 9.59 Å². The largest absolute Gasteiger partial charge is 0.370 e. The first-order valence-corrected chi connectivity index (χ1v) is 10.9. The zero-order valence-electron chi connectivity index (χ0n) is 17.5. The van der Waals surface area contributed by atoms with E-state index in [0.29, 0.717) is 16.4 Å². The first kappa shape index (κ1) is 21.1. The lowest BCUT2D eigenvalue weighted by molar-refractivity contribution is 0.101. The van der Waals surface area contributed by atoms with Crippen molar-refractivity contribution in [3.8, 4) is 5.69 Å². The lowest BCUT2D eigenvalue weighted by Crippen LogP contribution is -2.29. The number of halogens is 1. The topological polar surface area (TPSA) is 67.2 Å². The quantitative estimate of drug-likeness (QED) is 0.636. The Morgan fingerprint density at radius 3 is 2.39 bits per heavy atom. The second-order valence-corrected chi connectivity index (χ2v) is 8.20. The van der Waals surface area contributed by atoms with Gasteiger partial charge >= 0.3 is 0 Å². The monoisotopic (exact) mass is 436 g/mol. The van der Waals surface area contributed by atoms with Crippen LogP contribution in [-0.4, -0.2) is 28.8 Å². The molecule has 2 aromatic carbocycles. The average molecular weight is 437 g/mol. The first-order chi connectivity index (χ1) is 15.0. The fraction of sp³-hybridized carbons (Fsp3) is 0.292. The SMILES string of the molecule is Cc1cc(=O)c(C(=O)Nc2ccccc2N2CCCCCC2)nn1-c1ccc(Cl)cc1. The smallest absolute Gasteiger partial charge is 0.280 e. The number of nitrogens with zero attached hydrogens (tertiary/aromatic N) is 3. The summed E-state index contributed by atoms with van der Waals surface area (Å²) in [6.45, 7) is 3.69. The van der Waals surface area contributed by atoms with E-state index >= 15 is 0 Å². The fourth-order valence-corrected chi connectivity index (χ4v) is 4.02. The molecule has 31 heavy (non-hydrogen) atoms. The molecule has 4 rings (SSSR count). The number of benzene rings is 2. The van der Waals surface area contributed by atoms with E-state index in [1.54, 1.807) is 35.9 Å². The number of amides is 1. The van der Waals surface area contributed by atoms with Gasteiger partial charge in [0.05, 0.1) is 17.1 Å². The van der Waals surface area contributed by atoms with Crippen LogP contribution in [0.25, 0.3) is 5.69 Å². The Morgan fingerprint density at radius 1 is 1.00 bits per heavy atom. The van der Waals surface area contributed by atoms with E-state index < -0.39 is 11.3 Å². The second-order valence-electron chi connectivity index (χ2n) is 7.76. The number of anilines is 2. The second kappa shape index (κ2) is 9.35. The van der Waals surface area contributed by atoms with Crippen molar-refractivity contribution in [2.75, 3.05) is 23.3 Å². The number of rotatable bonds is 4. The molecule has 0 radical (unpaired) electrons. The van der Waals surface area contributed by atoms with Gasteiger partial charge in [-0.2, -0.15) is 5.10 Å². The van der Waals surface area contributed by atoms with Crippen molar-refractivity contribution < 1.29 is 4.79 Å². The lowest BCUT2D eigenvalue weighted by atomic mass is 10.2. The van der Waals surface area contributed by atoms with Gasteiger partial charge in [0.2, 0.25) is 5.43 Å². The maximum Gasteiger partial charge on any atom is 0.280 e. The van der Waals surface area contributed by atoms with Gasteiger partial charge in [0.25, 0.3) is 5.91 Å². The molecule has 6 nitrogen and oxygen atoms in total. The van der Waals surface area contributed by atoms with Gasteiger partial charge in [-0.1, -0.05) is 36.6 Å². The van der Waals surface area contributed by atoms with Crippen LogP contribution < -0.4 is 15.6 Å². The minimum Gasteiger partial charge on any atom is -0.370 e. The van der Waals surface area contributed by atoms with Crippen LogP contribution in [-0.2, 0) is 0 Å². The summed E-state index contributed by atoms with van der Waals surface area (Å²) in [5, 5.41) is 7.88. The molecule has 7 heteroatoms. The molecule has 1 saturated heterocycles. The van der Waals surface area contributed by atoms with Crippen molar-refractivity contribution in [2.45, 2.75) is 32.6 Å². The van der Waals surface area contributed by atoms with Crippen LogP contribution in [0.3, 0.4) is 0 Å². The van der Waals surface area contributed by atoms with E-state index in [1.807, 2.05) is 24.3 Å². The third-order valence-electron chi connectivity index (χ3n) is 5.49. The molecule has 1 aromatic heterocycles. The van der Waals surface area contributed by atoms with Crippen molar-refractivity contribution >= 4 is 28.9 Å². The fourth-order valence-electron chi connectivity index (χ4n) is 3.90. The summed E-state index contributed by atoms with van der Waals surface area (Å²) in [6, 6.07) is 16.2. The van der Waals surface area contributed by atoms with Crippen LogP contribution in [0.5, 0.6) is 0 Å². The summed E-state index contributed by atoms with van der Waals surface area (Å²) in [7, 11) is 0. The zero-order valence-corrected chi connectivity index (χ0v) is 18.2. The average Bonchev–Trinajstić information content (AvgIpc) is 3.04. The Labute approximate surface area is 186 Å². The van der Waals surface area contributed by atoms with Crippen LogP contribution in [0, 0.1) is 6.92 Å². The Kier molecular flexibility index (Phi) is 6.37. The number of carbonyl (C=O) groups is 1. The van der Waals surface area contributed by atoms with Crippen LogP contribution in [0.4, 0.5) is 11.4 Å². The number of carbonyl (C=O) groups excluding carboxylic acids is 1. The highest BCUT2D eigenvalue weighted by Crippen LogP contribution is 2.28. The Morgan fingerprint density at radius 2 is 1.68 bits per heavy atom. The van der Waals surface area contributed by atoms with E-state index in [-0.39, 0.29) is 5.69 Å². The molecular formula is C24H25ClN4O2. The summed E-state index contributed by atoms with van der Waals surface area (Å²) in [5.41, 5.74) is 2.46. The predicted octanol–water partition coefficient (Wildman–Crippen LogP) is 4.83. The van der Waals surface area contributed by atoms with Crippen molar-refractivity contribution in [3.63, 3.8) is 0 Å². The number of para-hydroxylation sites is 2. The molecule has 0 unspecified atom stereocenters. The van der Waals surface area contributed by atoms with Crippen molar-refractivity contribution in [1.29, 1.82) is 0 Å². The van der Waals surface area contributed by atoms with Crippen LogP contribution in [0.1, 0.15) is 41.9 Å². The van der Waals surface area contributed by atoms with E-state index in [1.165, 1.54) is 18.9 Å². The van der Waals surface area contributed by atoms with Crippen molar-refractivity contribution in [3.05, 3.63) is 81.2 Å². The highest BCUT2D eigenvalue weighted by atomic mass is 35.5. The molecule has 0 bridgehead atoms. The van der Waals surface area contributed by atoms with Gasteiger partial charge in [-0.25, -0.2) is 4.68 Å². The Balaban J connectivity index is 1.64. The zero-order chi connectivity index (χ0) is 21.8. The number of hydrogen-bond donors (Lipinski definition) is 1. The molecule has 0 atom stereocenters. The molecule has 1 aliphatic rings. The molecule has 0 spiro atoms. The highest BCUT2D eigenvalue weighted by molar-refractivity contribution is 6.30. The number of aromatic nitrogens is 2. The summed E-state index contributed by atoms with van der Waals surface area (Å²) >= 11 is 5.98. The Bertz CT molecular complexity index is 1130. The molecule has 2 heterocycles. The van der Waals surface area contributed by atoms with Crippen molar-refractivity contribution in [2.24, 2.45) is 0 Å². The minimum atomic E-state index is -0.519. The molecule has 1 amide bonds. The van der Waals surface area contributed by atoms with Gasteiger partial charge in [-0.15, -0.1) is 0 Å². The molecule has 3 aromatic rings. The van der Waals surface area contributed by atoms with E-state index in [9.17, 15) is 9.59 Å². The van der Waals surface area contributed by atoms with Gasteiger partial charge in [-0.05, 0) is 56.2 Å². The molecule has 1 fully saturated rings. The van der Waals surface area contributed by atoms with Crippen LogP contribution in [0.15, 0.2) is 59.4 Å².